The number of nitrogens with zero attached hydrogens (tertiary/aromatic N) is 1. The van der Waals surface area contributed by atoms with Crippen LogP contribution >= 0.6 is 11.3 Å². The highest BCUT2D eigenvalue weighted by Crippen LogP contribution is 2.22. The number of thiazole rings is 1. The second kappa shape index (κ2) is 7.59. The van der Waals surface area contributed by atoms with Gasteiger partial charge in [0.15, 0.2) is 0 Å². The molecule has 3 aromatic rings. The van der Waals surface area contributed by atoms with Crippen LogP contribution in [0.1, 0.15) is 17.8 Å². The predicted molar refractivity (Wildman–Crippen MR) is 109 cm³/mol. The van der Waals surface area contributed by atoms with Crippen LogP contribution in [0.4, 0.5) is 16.2 Å². The van der Waals surface area contributed by atoms with Crippen molar-refractivity contribution in [2.24, 2.45) is 0 Å². The van der Waals surface area contributed by atoms with Gasteiger partial charge in [0.25, 0.3) is 0 Å². The van der Waals surface area contributed by atoms with Crippen molar-refractivity contribution in [3.63, 3.8) is 0 Å². The van der Waals surface area contributed by atoms with E-state index in [-0.39, 0.29) is 11.9 Å². The summed E-state index contributed by atoms with van der Waals surface area (Å²) in [7, 11) is 0. The minimum absolute atomic E-state index is 0.201. The van der Waals surface area contributed by atoms with E-state index >= 15 is 0 Å². The van der Waals surface area contributed by atoms with Gasteiger partial charge in [-0.05, 0) is 55.3 Å². The maximum atomic E-state index is 12.1. The first-order valence-electron chi connectivity index (χ1n) is 8.68. The lowest BCUT2D eigenvalue weighted by molar-refractivity contribution is -0.111. The highest BCUT2D eigenvalue weighted by molar-refractivity contribution is 7.19. The molecule has 0 bridgehead atoms. The Bertz CT molecular complexity index is 973. The molecule has 1 aromatic heterocycles. The van der Waals surface area contributed by atoms with E-state index in [0.717, 1.165) is 28.1 Å². The number of para-hydroxylation sites is 1. The van der Waals surface area contributed by atoms with E-state index in [0.29, 0.717) is 17.4 Å². The molecule has 0 saturated heterocycles. The monoisotopic (exact) mass is 378 g/mol. The zero-order valence-electron chi connectivity index (χ0n) is 14.4. The Hall–Kier alpha value is -3.19. The lowest BCUT2D eigenvalue weighted by atomic mass is 10.2. The molecule has 3 N–H and O–H groups in total. The van der Waals surface area contributed by atoms with Crippen molar-refractivity contribution in [1.29, 1.82) is 0 Å². The third-order valence-corrected chi connectivity index (χ3v) is 5.01. The van der Waals surface area contributed by atoms with Crippen LogP contribution in [-0.4, -0.2) is 23.0 Å². The van der Waals surface area contributed by atoms with Gasteiger partial charge in [0, 0.05) is 23.5 Å². The predicted octanol–water partition coefficient (Wildman–Crippen LogP) is 4.23. The summed E-state index contributed by atoms with van der Waals surface area (Å²) in [5, 5.41) is 9.20. The molecule has 3 amide bonds. The first-order valence-corrected chi connectivity index (χ1v) is 9.49. The van der Waals surface area contributed by atoms with E-state index in [9.17, 15) is 9.59 Å². The third kappa shape index (κ3) is 4.71. The first kappa shape index (κ1) is 17.2. The molecule has 1 saturated carbocycles. The van der Waals surface area contributed by atoms with Gasteiger partial charge in [-0.2, -0.15) is 0 Å². The molecule has 0 aliphatic heterocycles. The van der Waals surface area contributed by atoms with Crippen molar-refractivity contribution in [2.45, 2.75) is 18.9 Å². The standard InChI is InChI=1S/C20H18N4O2S/c25-18(11-12-19-24-16-3-1-2-4-17(16)27-19)21-13-5-7-14(8-6-13)22-20(26)23-15-9-10-15/h1-8,11-12,15H,9-10H2,(H,21,25)(H2,22,23,26)/b12-11+. The zero-order valence-corrected chi connectivity index (χ0v) is 15.3. The molecule has 1 heterocycles. The van der Waals surface area contributed by atoms with Crippen molar-refractivity contribution in [3.05, 3.63) is 59.6 Å². The van der Waals surface area contributed by atoms with Crippen LogP contribution in [0.3, 0.4) is 0 Å². The molecule has 1 aliphatic carbocycles. The van der Waals surface area contributed by atoms with Crippen LogP contribution < -0.4 is 16.0 Å². The summed E-state index contributed by atoms with van der Waals surface area (Å²) in [5.41, 5.74) is 2.26. The Morgan fingerprint density at radius 1 is 1.00 bits per heavy atom. The van der Waals surface area contributed by atoms with Crippen LogP contribution in [0.25, 0.3) is 16.3 Å². The molecule has 0 unspecified atom stereocenters. The summed E-state index contributed by atoms with van der Waals surface area (Å²) < 4.78 is 1.09. The number of amides is 3. The molecule has 2 aromatic carbocycles. The minimum atomic E-state index is -0.235. The summed E-state index contributed by atoms with van der Waals surface area (Å²) in [5.74, 6) is -0.235. The van der Waals surface area contributed by atoms with E-state index in [1.165, 1.54) is 17.4 Å². The molecular weight excluding hydrogens is 360 g/mol. The van der Waals surface area contributed by atoms with Crippen molar-refractivity contribution in [2.75, 3.05) is 10.6 Å². The van der Waals surface area contributed by atoms with Gasteiger partial charge < -0.3 is 16.0 Å². The smallest absolute Gasteiger partial charge is 0.319 e. The number of carbonyl (C=O) groups excluding carboxylic acids is 2. The highest BCUT2D eigenvalue weighted by Gasteiger charge is 2.23. The topological polar surface area (TPSA) is 83.1 Å². The van der Waals surface area contributed by atoms with Crippen LogP contribution in [-0.2, 0) is 4.79 Å². The average molecular weight is 378 g/mol. The highest BCUT2D eigenvalue weighted by atomic mass is 32.1. The fourth-order valence-electron chi connectivity index (χ4n) is 2.51. The molecule has 0 radical (unpaired) electrons. The molecule has 7 heteroatoms. The van der Waals surface area contributed by atoms with Crippen molar-refractivity contribution < 1.29 is 9.59 Å². The molecular formula is C20H18N4O2S. The second-order valence-electron chi connectivity index (χ2n) is 6.29. The molecule has 4 rings (SSSR count). The van der Waals surface area contributed by atoms with E-state index in [1.54, 1.807) is 30.3 Å². The van der Waals surface area contributed by atoms with E-state index in [4.69, 9.17) is 0 Å². The Balaban J connectivity index is 1.32. The van der Waals surface area contributed by atoms with E-state index in [1.807, 2.05) is 24.3 Å². The number of nitrogens with one attached hydrogen (secondary N) is 3. The Morgan fingerprint density at radius 3 is 2.41 bits per heavy atom. The summed E-state index contributed by atoms with van der Waals surface area (Å²) in [6.07, 6.45) is 5.26. The number of fused-ring (bicyclic) bond motifs is 1. The van der Waals surface area contributed by atoms with Crippen molar-refractivity contribution in [1.82, 2.24) is 10.3 Å². The molecule has 0 atom stereocenters. The summed E-state index contributed by atoms with van der Waals surface area (Å²) in [6, 6.07) is 15.0. The van der Waals surface area contributed by atoms with Gasteiger partial charge in [0.2, 0.25) is 5.91 Å². The lowest BCUT2D eigenvalue weighted by Crippen LogP contribution is -2.30. The normalized spacial score (nSPS) is 13.6. The third-order valence-electron chi connectivity index (χ3n) is 4.01. The average Bonchev–Trinajstić information content (AvgIpc) is 3.36. The van der Waals surface area contributed by atoms with Gasteiger partial charge in [0.1, 0.15) is 5.01 Å². The molecule has 6 nitrogen and oxygen atoms in total. The molecule has 1 aliphatic rings. The maximum Gasteiger partial charge on any atom is 0.319 e. The van der Waals surface area contributed by atoms with Crippen LogP contribution in [0, 0.1) is 0 Å². The molecule has 27 heavy (non-hydrogen) atoms. The number of rotatable bonds is 5. The fraction of sp³-hybridized carbons (Fsp3) is 0.150. The number of anilines is 2. The number of hydrogen-bond donors (Lipinski definition) is 3. The SMILES string of the molecule is O=C(/C=C/c1nc2ccccc2s1)Nc1ccc(NC(=O)NC2CC2)cc1. The van der Waals surface area contributed by atoms with Gasteiger partial charge in [-0.3, -0.25) is 4.79 Å². The Labute approximate surface area is 160 Å². The second-order valence-corrected chi connectivity index (χ2v) is 7.35. The Morgan fingerprint density at radius 2 is 1.70 bits per heavy atom. The minimum Gasteiger partial charge on any atom is -0.335 e. The van der Waals surface area contributed by atoms with Crippen molar-refractivity contribution >= 4 is 50.9 Å². The van der Waals surface area contributed by atoms with Crippen LogP contribution in [0.5, 0.6) is 0 Å². The summed E-state index contributed by atoms with van der Waals surface area (Å²) in [4.78, 5) is 28.3. The van der Waals surface area contributed by atoms with E-state index < -0.39 is 0 Å². The molecule has 0 spiro atoms. The number of benzene rings is 2. The number of hydrogen-bond acceptors (Lipinski definition) is 4. The van der Waals surface area contributed by atoms with Gasteiger partial charge in [-0.15, -0.1) is 11.3 Å². The van der Waals surface area contributed by atoms with Crippen LogP contribution in [0.2, 0.25) is 0 Å². The van der Waals surface area contributed by atoms with Gasteiger partial charge in [-0.1, -0.05) is 12.1 Å². The van der Waals surface area contributed by atoms with Crippen LogP contribution in [0.15, 0.2) is 54.6 Å². The maximum absolute atomic E-state index is 12.1. The summed E-state index contributed by atoms with van der Waals surface area (Å²) >= 11 is 1.54. The fourth-order valence-corrected chi connectivity index (χ4v) is 3.38. The van der Waals surface area contributed by atoms with Crippen molar-refractivity contribution in [3.8, 4) is 0 Å². The lowest BCUT2D eigenvalue weighted by Gasteiger charge is -2.07. The largest absolute Gasteiger partial charge is 0.335 e. The van der Waals surface area contributed by atoms with Gasteiger partial charge >= 0.3 is 6.03 Å². The first-order chi connectivity index (χ1) is 13.2. The quantitative estimate of drug-likeness (QED) is 0.581. The molecule has 136 valence electrons. The van der Waals surface area contributed by atoms with Gasteiger partial charge in [0.05, 0.1) is 10.2 Å². The van der Waals surface area contributed by atoms with Gasteiger partial charge in [-0.25, -0.2) is 9.78 Å². The molecule has 1 fully saturated rings. The zero-order chi connectivity index (χ0) is 18.6. The number of aromatic nitrogens is 1. The Kier molecular flexibility index (Phi) is 4.84. The number of urea groups is 1. The summed E-state index contributed by atoms with van der Waals surface area (Å²) in [6.45, 7) is 0. The van der Waals surface area contributed by atoms with E-state index in [2.05, 4.69) is 20.9 Å². The number of carbonyl (C=O) groups is 2.